The van der Waals surface area contributed by atoms with Crippen LogP contribution in [-0.2, 0) is 6.61 Å². The molecule has 0 heterocycles. The van der Waals surface area contributed by atoms with Gasteiger partial charge in [0.2, 0.25) is 0 Å². The molecule has 0 aliphatic heterocycles. The molecule has 0 saturated heterocycles. The minimum atomic E-state index is -0.262. The van der Waals surface area contributed by atoms with Crippen LogP contribution in [0.5, 0.6) is 11.5 Å². The van der Waals surface area contributed by atoms with Gasteiger partial charge in [-0.15, -0.1) is 12.3 Å². The van der Waals surface area contributed by atoms with Crippen molar-refractivity contribution in [1.29, 1.82) is 0 Å². The molecule has 118 valence electrons. The van der Waals surface area contributed by atoms with Crippen molar-refractivity contribution in [1.82, 2.24) is 0 Å². The highest BCUT2D eigenvalue weighted by Crippen LogP contribution is 2.26. The Morgan fingerprint density at radius 3 is 2.05 bits per heavy atom. The fourth-order valence-electron chi connectivity index (χ4n) is 1.51. The van der Waals surface area contributed by atoms with Crippen LogP contribution in [0.3, 0.4) is 0 Å². The smallest absolute Gasteiger partial charge is 0.161 e. The molecule has 0 bridgehead atoms. The Bertz CT molecular complexity index is 574. The molecule has 0 aromatic heterocycles. The van der Waals surface area contributed by atoms with E-state index in [0.29, 0.717) is 17.1 Å². The van der Waals surface area contributed by atoms with Crippen LogP contribution in [0.25, 0.3) is 0 Å². The van der Waals surface area contributed by atoms with Crippen LogP contribution in [0.4, 0.5) is 4.39 Å². The summed E-state index contributed by atoms with van der Waals surface area (Å²) >= 11 is 0. The Kier molecular flexibility index (Phi) is 10.9. The molecule has 0 saturated carbocycles. The van der Waals surface area contributed by atoms with Gasteiger partial charge in [0.25, 0.3) is 0 Å². The number of terminal acetylenes is 1. The van der Waals surface area contributed by atoms with Crippen LogP contribution in [0.1, 0.15) is 26.3 Å². The first kappa shape index (κ1) is 19.5. The maximum Gasteiger partial charge on any atom is 0.161 e. The van der Waals surface area contributed by atoms with E-state index in [9.17, 15) is 4.39 Å². The summed E-state index contributed by atoms with van der Waals surface area (Å²) in [5, 5.41) is 0. The molecular weight excluding hydrogens is 279 g/mol. The lowest BCUT2D eigenvalue weighted by Crippen LogP contribution is -1.99. The SMILES string of the molecule is C#CC.CC.COc1ccccc1OCc1ccccc1F. The normalized spacial score (nSPS) is 8.36. The lowest BCUT2D eigenvalue weighted by molar-refractivity contribution is 0.280. The quantitative estimate of drug-likeness (QED) is 0.733. The van der Waals surface area contributed by atoms with E-state index in [0.717, 1.165) is 0 Å². The van der Waals surface area contributed by atoms with Gasteiger partial charge in [-0.25, -0.2) is 4.39 Å². The minimum Gasteiger partial charge on any atom is -0.493 e. The van der Waals surface area contributed by atoms with Crippen molar-refractivity contribution < 1.29 is 13.9 Å². The molecule has 2 nitrogen and oxygen atoms in total. The van der Waals surface area contributed by atoms with Crippen LogP contribution in [0, 0.1) is 18.2 Å². The zero-order chi connectivity index (χ0) is 16.8. The van der Waals surface area contributed by atoms with Crippen molar-refractivity contribution in [3.05, 3.63) is 59.9 Å². The predicted molar refractivity (Wildman–Crippen MR) is 89.6 cm³/mol. The lowest BCUT2D eigenvalue weighted by Gasteiger charge is -2.10. The van der Waals surface area contributed by atoms with E-state index in [1.54, 1.807) is 44.4 Å². The second-order valence-corrected chi connectivity index (χ2v) is 3.82. The fraction of sp³-hybridized carbons (Fsp3) is 0.263. The Morgan fingerprint density at radius 2 is 1.50 bits per heavy atom. The molecule has 2 aromatic carbocycles. The fourth-order valence-corrected chi connectivity index (χ4v) is 1.51. The highest BCUT2D eigenvalue weighted by molar-refractivity contribution is 5.39. The zero-order valence-electron chi connectivity index (χ0n) is 13.6. The Hall–Kier alpha value is -2.47. The topological polar surface area (TPSA) is 18.5 Å². The maximum absolute atomic E-state index is 13.4. The van der Waals surface area contributed by atoms with Crippen LogP contribution in [-0.4, -0.2) is 7.11 Å². The van der Waals surface area contributed by atoms with Crippen molar-refractivity contribution in [2.75, 3.05) is 7.11 Å². The molecule has 0 fully saturated rings. The van der Waals surface area contributed by atoms with Crippen molar-refractivity contribution in [2.45, 2.75) is 27.4 Å². The number of ether oxygens (including phenoxy) is 2. The first-order valence-electron chi connectivity index (χ1n) is 7.09. The molecule has 3 heteroatoms. The molecule has 0 spiro atoms. The average Bonchev–Trinajstić information content (AvgIpc) is 2.57. The van der Waals surface area contributed by atoms with Gasteiger partial charge in [0.15, 0.2) is 11.5 Å². The predicted octanol–water partition coefficient (Wildman–Crippen LogP) is 5.08. The molecule has 2 rings (SSSR count). The van der Waals surface area contributed by atoms with Gasteiger partial charge in [0.05, 0.1) is 7.11 Å². The van der Waals surface area contributed by atoms with Gasteiger partial charge in [-0.1, -0.05) is 44.2 Å². The third-order valence-corrected chi connectivity index (χ3v) is 2.41. The van der Waals surface area contributed by atoms with Crippen molar-refractivity contribution >= 4 is 0 Å². The molecule has 0 aliphatic carbocycles. The maximum atomic E-state index is 13.4. The monoisotopic (exact) mass is 302 g/mol. The van der Waals surface area contributed by atoms with Gasteiger partial charge in [0.1, 0.15) is 12.4 Å². The van der Waals surface area contributed by atoms with E-state index in [2.05, 4.69) is 12.3 Å². The van der Waals surface area contributed by atoms with Gasteiger partial charge in [0, 0.05) is 5.56 Å². The second kappa shape index (κ2) is 12.3. The van der Waals surface area contributed by atoms with Crippen LogP contribution in [0.2, 0.25) is 0 Å². The summed E-state index contributed by atoms with van der Waals surface area (Å²) in [6.45, 7) is 5.84. The number of rotatable bonds is 4. The summed E-state index contributed by atoms with van der Waals surface area (Å²) < 4.78 is 24.0. The van der Waals surface area contributed by atoms with Crippen LogP contribution in [0.15, 0.2) is 48.5 Å². The van der Waals surface area contributed by atoms with E-state index in [1.165, 1.54) is 6.07 Å². The van der Waals surface area contributed by atoms with Crippen LogP contribution >= 0.6 is 0 Å². The lowest BCUT2D eigenvalue weighted by atomic mass is 10.2. The third kappa shape index (κ3) is 6.81. The number of hydrogen-bond donors (Lipinski definition) is 0. The summed E-state index contributed by atoms with van der Waals surface area (Å²) in [4.78, 5) is 0. The molecule has 0 aliphatic rings. The van der Waals surface area contributed by atoms with Gasteiger partial charge >= 0.3 is 0 Å². The van der Waals surface area contributed by atoms with Crippen molar-refractivity contribution in [3.63, 3.8) is 0 Å². The molecule has 0 atom stereocenters. The molecule has 0 amide bonds. The van der Waals surface area contributed by atoms with E-state index < -0.39 is 0 Å². The average molecular weight is 302 g/mol. The van der Waals surface area contributed by atoms with Gasteiger partial charge in [-0.3, -0.25) is 0 Å². The molecule has 0 N–H and O–H groups in total. The van der Waals surface area contributed by atoms with Crippen LogP contribution < -0.4 is 9.47 Å². The van der Waals surface area contributed by atoms with E-state index in [-0.39, 0.29) is 12.4 Å². The summed E-state index contributed by atoms with van der Waals surface area (Å²) in [7, 11) is 1.57. The van der Waals surface area contributed by atoms with Gasteiger partial charge in [-0.2, -0.15) is 0 Å². The van der Waals surface area contributed by atoms with E-state index >= 15 is 0 Å². The number of hydrogen-bond acceptors (Lipinski definition) is 2. The molecular formula is C19H23FO2. The highest BCUT2D eigenvalue weighted by Gasteiger charge is 2.05. The Morgan fingerprint density at radius 1 is 1.00 bits per heavy atom. The van der Waals surface area contributed by atoms with E-state index in [4.69, 9.17) is 9.47 Å². The third-order valence-electron chi connectivity index (χ3n) is 2.41. The first-order chi connectivity index (χ1) is 10.7. The summed E-state index contributed by atoms with van der Waals surface area (Å²) in [5.74, 6) is 3.24. The summed E-state index contributed by atoms with van der Waals surface area (Å²) in [6.07, 6.45) is 4.60. The zero-order valence-corrected chi connectivity index (χ0v) is 13.6. The number of halogens is 1. The molecule has 0 unspecified atom stereocenters. The highest BCUT2D eigenvalue weighted by atomic mass is 19.1. The van der Waals surface area contributed by atoms with Gasteiger partial charge in [-0.05, 0) is 25.1 Å². The molecule has 22 heavy (non-hydrogen) atoms. The summed E-state index contributed by atoms with van der Waals surface area (Å²) in [5.41, 5.74) is 0.526. The number of benzene rings is 2. The van der Waals surface area contributed by atoms with E-state index in [1.807, 2.05) is 26.0 Å². The minimum absolute atomic E-state index is 0.188. The summed E-state index contributed by atoms with van der Waals surface area (Å²) in [6, 6.07) is 13.8. The number of methoxy groups -OCH3 is 1. The number of para-hydroxylation sites is 2. The molecule has 2 aromatic rings. The van der Waals surface area contributed by atoms with Gasteiger partial charge < -0.3 is 9.47 Å². The van der Waals surface area contributed by atoms with Crippen molar-refractivity contribution in [3.8, 4) is 23.8 Å². The Balaban J connectivity index is 0.000000789. The van der Waals surface area contributed by atoms with Crippen molar-refractivity contribution in [2.24, 2.45) is 0 Å². The Labute approximate surface area is 132 Å². The standard InChI is InChI=1S/C14H13FO2.C3H4.C2H6/c1-16-13-8-4-5-9-14(13)17-10-11-6-2-3-7-12(11)15;1-3-2;1-2/h2-9H,10H2,1H3;1H,2H3;1-2H3. The largest absolute Gasteiger partial charge is 0.493 e. The molecule has 0 radical (unpaired) electrons. The second-order valence-electron chi connectivity index (χ2n) is 3.82. The first-order valence-corrected chi connectivity index (χ1v) is 7.09.